The Morgan fingerprint density at radius 2 is 2.11 bits per heavy atom. The van der Waals surface area contributed by atoms with Gasteiger partial charge in [0.1, 0.15) is 4.99 Å². The highest BCUT2D eigenvalue weighted by molar-refractivity contribution is 7.80. The first kappa shape index (κ1) is 13.9. The number of benzene rings is 1. The van der Waals surface area contributed by atoms with Crippen LogP contribution < -0.4 is 0 Å². The first-order valence-corrected chi connectivity index (χ1v) is 6.96. The first-order chi connectivity index (χ1) is 9.02. The van der Waals surface area contributed by atoms with E-state index in [-0.39, 0.29) is 5.91 Å². The molecule has 0 aromatic heterocycles. The summed E-state index contributed by atoms with van der Waals surface area (Å²) in [5, 5.41) is 0. The Kier molecular flexibility index (Phi) is 3.85. The van der Waals surface area contributed by atoms with Crippen molar-refractivity contribution in [3.63, 3.8) is 0 Å². The van der Waals surface area contributed by atoms with Crippen LogP contribution in [0.15, 0.2) is 36.9 Å². The lowest BCUT2D eigenvalue weighted by Gasteiger charge is -2.39. The van der Waals surface area contributed by atoms with Crippen LogP contribution in [0.2, 0.25) is 0 Å². The average molecular weight is 273 g/mol. The minimum Gasteiger partial charge on any atom is -0.305 e. The number of allylic oxidation sites excluding steroid dienone is 1. The summed E-state index contributed by atoms with van der Waals surface area (Å²) in [7, 11) is 1.77. The van der Waals surface area contributed by atoms with Gasteiger partial charge in [0.05, 0.1) is 5.41 Å². The van der Waals surface area contributed by atoms with Gasteiger partial charge in [-0.1, -0.05) is 42.6 Å². The summed E-state index contributed by atoms with van der Waals surface area (Å²) in [6.07, 6.45) is 4.61. The summed E-state index contributed by atoms with van der Waals surface area (Å²) in [4.78, 5) is 14.9. The molecule has 1 aromatic rings. The molecule has 0 fully saturated rings. The molecular weight excluding hydrogens is 254 g/mol. The number of unbranched alkanes of at least 4 members (excludes halogenated alkanes) is 1. The van der Waals surface area contributed by atoms with Crippen LogP contribution in [0, 0.1) is 0 Å². The molecule has 0 saturated heterocycles. The predicted octanol–water partition coefficient (Wildman–Crippen LogP) is 3.45. The van der Waals surface area contributed by atoms with Crippen molar-refractivity contribution in [2.24, 2.45) is 0 Å². The Hall–Kier alpha value is -1.48. The molecule has 0 bridgehead atoms. The molecule has 0 aliphatic carbocycles. The molecular formula is C16H19NOS. The molecule has 3 heteroatoms. The maximum absolute atomic E-state index is 12.6. The molecule has 0 spiro atoms. The van der Waals surface area contributed by atoms with Crippen molar-refractivity contribution in [1.82, 2.24) is 4.90 Å². The van der Waals surface area contributed by atoms with E-state index in [0.717, 1.165) is 30.4 Å². The van der Waals surface area contributed by atoms with Crippen LogP contribution >= 0.6 is 12.2 Å². The Morgan fingerprint density at radius 1 is 1.42 bits per heavy atom. The fourth-order valence-electron chi connectivity index (χ4n) is 2.75. The Labute approximate surface area is 120 Å². The average Bonchev–Trinajstić information content (AvgIpc) is 2.43. The zero-order valence-corrected chi connectivity index (χ0v) is 12.3. The van der Waals surface area contributed by atoms with Crippen molar-refractivity contribution < 1.29 is 4.79 Å². The number of rotatable bonds is 4. The summed E-state index contributed by atoms with van der Waals surface area (Å²) < 4.78 is 0. The number of amides is 1. The molecule has 0 saturated carbocycles. The third-order valence-electron chi connectivity index (χ3n) is 3.92. The van der Waals surface area contributed by atoms with Gasteiger partial charge >= 0.3 is 0 Å². The quantitative estimate of drug-likeness (QED) is 0.476. The summed E-state index contributed by atoms with van der Waals surface area (Å²) in [5.41, 5.74) is 1.60. The van der Waals surface area contributed by atoms with Crippen molar-refractivity contribution in [3.05, 3.63) is 48.0 Å². The monoisotopic (exact) mass is 273 g/mol. The smallest absolute Gasteiger partial charge is 0.237 e. The van der Waals surface area contributed by atoms with Crippen molar-refractivity contribution in [2.45, 2.75) is 31.6 Å². The van der Waals surface area contributed by atoms with Gasteiger partial charge in [0, 0.05) is 12.6 Å². The number of hydrogen-bond acceptors (Lipinski definition) is 2. The minimum atomic E-state index is -0.476. The van der Waals surface area contributed by atoms with E-state index >= 15 is 0 Å². The highest BCUT2D eigenvalue weighted by Gasteiger charge is 2.43. The molecule has 1 aromatic carbocycles. The number of likely N-dealkylation sites (N-methyl/N-ethyl adjacent to an activating group) is 1. The van der Waals surface area contributed by atoms with Crippen molar-refractivity contribution >= 4 is 23.1 Å². The van der Waals surface area contributed by atoms with Crippen LogP contribution in [0.25, 0.3) is 0 Å². The Bertz CT molecular complexity index is 537. The van der Waals surface area contributed by atoms with Gasteiger partial charge in [-0.25, -0.2) is 0 Å². The fraction of sp³-hybridized carbons (Fsp3) is 0.375. The van der Waals surface area contributed by atoms with Crippen LogP contribution in [0.5, 0.6) is 0 Å². The molecule has 19 heavy (non-hydrogen) atoms. The summed E-state index contributed by atoms with van der Waals surface area (Å²) in [5.74, 6) is 0.0975. The number of nitrogens with zero attached hydrogens (tertiary/aromatic N) is 1. The van der Waals surface area contributed by atoms with Crippen LogP contribution in [0.3, 0.4) is 0 Å². The van der Waals surface area contributed by atoms with E-state index < -0.39 is 5.41 Å². The zero-order chi connectivity index (χ0) is 14.0. The molecule has 2 nitrogen and oxygen atoms in total. The van der Waals surface area contributed by atoms with Gasteiger partial charge in [0.2, 0.25) is 5.91 Å². The maximum atomic E-state index is 12.6. The van der Waals surface area contributed by atoms with Crippen LogP contribution in [0.1, 0.15) is 37.3 Å². The molecule has 1 aliphatic heterocycles. The third kappa shape index (κ3) is 2.23. The SMILES string of the molecule is C=CCCCC1(C)C(=O)N(C)C(=S)c2ccccc21. The second-order valence-electron chi connectivity index (χ2n) is 5.23. The second-order valence-corrected chi connectivity index (χ2v) is 5.61. The molecule has 1 heterocycles. The fourth-order valence-corrected chi connectivity index (χ4v) is 3.01. The number of hydrogen-bond donors (Lipinski definition) is 0. The number of carbonyl (C=O) groups is 1. The lowest BCUT2D eigenvalue weighted by atomic mass is 9.72. The van der Waals surface area contributed by atoms with Crippen LogP contribution in [-0.2, 0) is 10.2 Å². The summed E-state index contributed by atoms with van der Waals surface area (Å²) in [6.45, 7) is 5.76. The Balaban J connectivity index is 2.47. The van der Waals surface area contributed by atoms with Gasteiger partial charge in [-0.3, -0.25) is 4.79 Å². The van der Waals surface area contributed by atoms with Gasteiger partial charge in [0.25, 0.3) is 0 Å². The van der Waals surface area contributed by atoms with Crippen molar-refractivity contribution in [2.75, 3.05) is 7.05 Å². The molecule has 1 unspecified atom stereocenters. The van der Waals surface area contributed by atoms with E-state index in [2.05, 4.69) is 6.58 Å². The molecule has 0 radical (unpaired) electrons. The second kappa shape index (κ2) is 5.25. The molecule has 2 rings (SSSR count). The largest absolute Gasteiger partial charge is 0.305 e. The standard InChI is InChI=1S/C16H19NOS/c1-4-5-8-11-16(2)13-10-7-6-9-12(13)14(19)17(3)15(16)18/h4,6-7,9-10H,1,5,8,11H2,2-3H3. The lowest BCUT2D eigenvalue weighted by Crippen LogP contribution is -2.50. The zero-order valence-electron chi connectivity index (χ0n) is 11.5. The molecule has 1 amide bonds. The van der Waals surface area contributed by atoms with Crippen molar-refractivity contribution in [3.8, 4) is 0 Å². The van der Waals surface area contributed by atoms with E-state index in [1.54, 1.807) is 11.9 Å². The normalized spacial score (nSPS) is 22.3. The van der Waals surface area contributed by atoms with E-state index in [1.165, 1.54) is 0 Å². The van der Waals surface area contributed by atoms with E-state index in [9.17, 15) is 4.79 Å². The summed E-state index contributed by atoms with van der Waals surface area (Å²) >= 11 is 5.39. The highest BCUT2D eigenvalue weighted by Crippen LogP contribution is 2.38. The van der Waals surface area contributed by atoms with Crippen molar-refractivity contribution in [1.29, 1.82) is 0 Å². The molecule has 1 aliphatic rings. The summed E-state index contributed by atoms with van der Waals surface area (Å²) in [6, 6.07) is 7.98. The minimum absolute atomic E-state index is 0.0975. The predicted molar refractivity (Wildman–Crippen MR) is 82.3 cm³/mol. The Morgan fingerprint density at radius 3 is 2.79 bits per heavy atom. The highest BCUT2D eigenvalue weighted by atomic mass is 32.1. The maximum Gasteiger partial charge on any atom is 0.237 e. The van der Waals surface area contributed by atoms with Crippen LogP contribution in [-0.4, -0.2) is 22.8 Å². The molecule has 0 N–H and O–H groups in total. The molecule has 1 atom stereocenters. The topological polar surface area (TPSA) is 20.3 Å². The van der Waals surface area contributed by atoms with Gasteiger partial charge in [-0.2, -0.15) is 0 Å². The first-order valence-electron chi connectivity index (χ1n) is 6.55. The number of thiocarbonyl (C=S) groups is 1. The van der Waals surface area contributed by atoms with Gasteiger partial charge < -0.3 is 4.90 Å². The number of fused-ring (bicyclic) bond motifs is 1. The third-order valence-corrected chi connectivity index (χ3v) is 4.41. The van der Waals surface area contributed by atoms with E-state index in [4.69, 9.17) is 12.2 Å². The van der Waals surface area contributed by atoms with E-state index in [1.807, 2.05) is 37.3 Å². The van der Waals surface area contributed by atoms with Gasteiger partial charge in [-0.15, -0.1) is 6.58 Å². The number of carbonyl (C=O) groups excluding carboxylic acids is 1. The lowest BCUT2D eigenvalue weighted by molar-refractivity contribution is -0.132. The van der Waals surface area contributed by atoms with Gasteiger partial charge in [-0.05, 0) is 31.7 Å². The molecule has 100 valence electrons. The van der Waals surface area contributed by atoms with Crippen LogP contribution in [0.4, 0.5) is 0 Å². The van der Waals surface area contributed by atoms with Gasteiger partial charge in [0.15, 0.2) is 0 Å². The van der Waals surface area contributed by atoms with E-state index in [0.29, 0.717) is 4.99 Å².